The number of piperazine rings is 1. The zero-order chi connectivity index (χ0) is 13.8. The molecule has 1 aromatic rings. The summed E-state index contributed by atoms with van der Waals surface area (Å²) >= 11 is 3.63. The molecule has 0 unspecified atom stereocenters. The molecule has 1 aliphatic rings. The summed E-state index contributed by atoms with van der Waals surface area (Å²) in [5, 5.41) is 13.2. The van der Waals surface area contributed by atoms with Crippen LogP contribution in [0.5, 0.6) is 5.75 Å². The molecule has 0 spiro atoms. The maximum atomic E-state index is 9.77. The van der Waals surface area contributed by atoms with Gasteiger partial charge in [0.2, 0.25) is 0 Å². The summed E-state index contributed by atoms with van der Waals surface area (Å²) in [5.41, 5.74) is 1.20. The molecule has 1 saturated heterocycles. The lowest BCUT2D eigenvalue weighted by molar-refractivity contribution is 0.153. The first-order valence-electron chi connectivity index (χ1n) is 7.01. The van der Waals surface area contributed by atoms with Crippen molar-refractivity contribution < 1.29 is 5.11 Å². The van der Waals surface area contributed by atoms with Crippen LogP contribution in [0.15, 0.2) is 22.7 Å². The molecule has 0 amide bonds. The molecule has 21 heavy (non-hydrogen) atoms. The molecule has 1 fully saturated rings. The van der Waals surface area contributed by atoms with Crippen molar-refractivity contribution in [3.8, 4) is 5.75 Å². The monoisotopic (exact) mass is 398 g/mol. The fourth-order valence-corrected chi connectivity index (χ4v) is 3.21. The van der Waals surface area contributed by atoms with E-state index in [0.29, 0.717) is 17.7 Å². The second-order valence-corrected chi connectivity index (χ2v) is 6.49. The van der Waals surface area contributed by atoms with Crippen LogP contribution in [0.3, 0.4) is 0 Å². The summed E-state index contributed by atoms with van der Waals surface area (Å²) in [5.74, 6) is 0.983. The molecule has 0 bridgehead atoms. The third-order valence-corrected chi connectivity index (χ3v) is 4.35. The number of phenols is 1. The van der Waals surface area contributed by atoms with Crippen LogP contribution in [0.4, 0.5) is 0 Å². The number of aromatic hydroxyl groups is 1. The number of nitrogens with zero attached hydrogens (tertiary/aromatic N) is 1. The van der Waals surface area contributed by atoms with E-state index in [1.54, 1.807) is 6.07 Å². The Kier molecular flexibility index (Phi) is 9.90. The van der Waals surface area contributed by atoms with Gasteiger partial charge in [0.15, 0.2) is 0 Å². The lowest BCUT2D eigenvalue weighted by Gasteiger charge is -2.36. The summed E-state index contributed by atoms with van der Waals surface area (Å²) in [6, 6.07) is 5.96. The number of hydrogen-bond donors (Lipinski definition) is 2. The first-order valence-corrected chi connectivity index (χ1v) is 7.80. The van der Waals surface area contributed by atoms with E-state index in [1.807, 2.05) is 12.1 Å². The van der Waals surface area contributed by atoms with Gasteiger partial charge in [0.25, 0.3) is 0 Å². The van der Waals surface area contributed by atoms with Gasteiger partial charge in [0.1, 0.15) is 5.75 Å². The van der Waals surface area contributed by atoms with Gasteiger partial charge in [-0.25, -0.2) is 0 Å². The topological polar surface area (TPSA) is 35.5 Å². The highest BCUT2D eigenvalue weighted by atomic mass is 79.9. The molecule has 1 atom stereocenters. The number of benzene rings is 1. The maximum absolute atomic E-state index is 9.77. The summed E-state index contributed by atoms with van der Waals surface area (Å²) in [6.45, 7) is 8.74. The van der Waals surface area contributed by atoms with Gasteiger partial charge in [-0.2, -0.15) is 0 Å². The van der Waals surface area contributed by atoms with Crippen molar-refractivity contribution in [2.45, 2.75) is 26.3 Å². The van der Waals surface area contributed by atoms with Crippen molar-refractivity contribution in [2.75, 3.05) is 26.2 Å². The summed E-state index contributed by atoms with van der Waals surface area (Å²) in [6.07, 6.45) is 1.11. The van der Waals surface area contributed by atoms with E-state index >= 15 is 0 Å². The average Bonchev–Trinajstić information content (AvgIpc) is 2.40. The van der Waals surface area contributed by atoms with Crippen LogP contribution < -0.4 is 5.32 Å². The molecule has 2 rings (SSSR count). The van der Waals surface area contributed by atoms with E-state index < -0.39 is 0 Å². The minimum absolute atomic E-state index is 0. The Morgan fingerprint density at radius 3 is 2.43 bits per heavy atom. The molecule has 6 heteroatoms. The fourth-order valence-electron chi connectivity index (χ4n) is 2.70. The second-order valence-electron chi connectivity index (χ2n) is 5.64. The molecule has 2 N–H and O–H groups in total. The summed E-state index contributed by atoms with van der Waals surface area (Å²) < 4.78 is 1.09. The predicted molar refractivity (Wildman–Crippen MR) is 96.9 cm³/mol. The van der Waals surface area contributed by atoms with E-state index in [1.165, 1.54) is 5.56 Å². The predicted octanol–water partition coefficient (Wildman–Crippen LogP) is 3.99. The first-order chi connectivity index (χ1) is 9.08. The lowest BCUT2D eigenvalue weighted by Crippen LogP contribution is -2.45. The second kappa shape index (κ2) is 9.90. The lowest BCUT2D eigenvalue weighted by atomic mass is 9.95. The van der Waals surface area contributed by atoms with Crippen LogP contribution in [-0.2, 0) is 0 Å². The Morgan fingerprint density at radius 2 is 1.86 bits per heavy atom. The Hall–Kier alpha value is -0.000000000000000222. The van der Waals surface area contributed by atoms with Crippen LogP contribution in [0.2, 0.25) is 0 Å². The van der Waals surface area contributed by atoms with Gasteiger partial charge in [-0.1, -0.05) is 29.8 Å². The van der Waals surface area contributed by atoms with Crippen molar-refractivity contribution in [3.63, 3.8) is 0 Å². The Balaban J connectivity index is 0.00000200. The van der Waals surface area contributed by atoms with Crippen molar-refractivity contribution in [2.24, 2.45) is 5.92 Å². The Labute approximate surface area is 148 Å². The Morgan fingerprint density at radius 1 is 1.24 bits per heavy atom. The summed E-state index contributed by atoms with van der Waals surface area (Å²) in [4.78, 5) is 2.52. The standard InChI is InChI=1S/C15H23BrN2O.2ClH/c1-11(2)9-15(18-7-5-17-6-8-18)13-10-12(19)3-4-14(13)16;;/h3-4,10-11,15,17,19H,5-9H2,1-2H3;2*1H/t15-;;/m1../s1. The van der Waals surface area contributed by atoms with Gasteiger partial charge in [0, 0.05) is 36.7 Å². The molecule has 0 saturated carbocycles. The SMILES string of the molecule is CC(C)C[C@H](c1cc(O)ccc1Br)N1CCNCC1.Cl.Cl. The van der Waals surface area contributed by atoms with E-state index in [4.69, 9.17) is 0 Å². The minimum atomic E-state index is 0. The normalized spacial score (nSPS) is 17.0. The smallest absolute Gasteiger partial charge is 0.115 e. The Bertz CT molecular complexity index is 426. The maximum Gasteiger partial charge on any atom is 0.115 e. The van der Waals surface area contributed by atoms with E-state index in [2.05, 4.69) is 40.0 Å². The van der Waals surface area contributed by atoms with Crippen LogP contribution >= 0.6 is 40.7 Å². The number of halogens is 3. The molecule has 122 valence electrons. The first kappa shape index (κ1) is 21.0. The highest BCUT2D eigenvalue weighted by Gasteiger charge is 2.24. The molecule has 0 aromatic heterocycles. The molecule has 1 aliphatic heterocycles. The number of hydrogen-bond acceptors (Lipinski definition) is 3. The number of phenolic OH excluding ortho intramolecular Hbond substituents is 1. The van der Waals surface area contributed by atoms with Gasteiger partial charge >= 0.3 is 0 Å². The largest absolute Gasteiger partial charge is 0.508 e. The van der Waals surface area contributed by atoms with E-state index in [-0.39, 0.29) is 24.8 Å². The molecule has 3 nitrogen and oxygen atoms in total. The molecule has 1 aromatic carbocycles. The van der Waals surface area contributed by atoms with E-state index in [9.17, 15) is 5.11 Å². The van der Waals surface area contributed by atoms with Gasteiger partial charge in [0.05, 0.1) is 0 Å². The molecular weight excluding hydrogens is 375 g/mol. The number of rotatable bonds is 4. The van der Waals surface area contributed by atoms with Crippen molar-refractivity contribution >= 4 is 40.7 Å². The molecule has 1 heterocycles. The zero-order valence-corrected chi connectivity index (χ0v) is 15.7. The molecule has 0 radical (unpaired) electrons. The van der Waals surface area contributed by atoms with Crippen molar-refractivity contribution in [3.05, 3.63) is 28.2 Å². The minimum Gasteiger partial charge on any atom is -0.508 e. The van der Waals surface area contributed by atoms with Crippen molar-refractivity contribution in [1.82, 2.24) is 10.2 Å². The van der Waals surface area contributed by atoms with Crippen molar-refractivity contribution in [1.29, 1.82) is 0 Å². The van der Waals surface area contributed by atoms with Crippen LogP contribution in [0.25, 0.3) is 0 Å². The van der Waals surface area contributed by atoms with E-state index in [0.717, 1.165) is 37.1 Å². The third kappa shape index (κ3) is 5.95. The quantitative estimate of drug-likeness (QED) is 0.803. The van der Waals surface area contributed by atoms with Gasteiger partial charge in [-0.15, -0.1) is 24.8 Å². The number of nitrogens with one attached hydrogen (secondary N) is 1. The van der Waals surface area contributed by atoms with Crippen LogP contribution in [-0.4, -0.2) is 36.2 Å². The highest BCUT2D eigenvalue weighted by Crippen LogP contribution is 2.35. The van der Waals surface area contributed by atoms with Gasteiger partial charge in [-0.05, 0) is 36.1 Å². The van der Waals surface area contributed by atoms with Crippen LogP contribution in [0, 0.1) is 5.92 Å². The van der Waals surface area contributed by atoms with Gasteiger partial charge < -0.3 is 10.4 Å². The van der Waals surface area contributed by atoms with Gasteiger partial charge in [-0.3, -0.25) is 4.90 Å². The molecular formula is C15H25BrCl2N2O. The summed E-state index contributed by atoms with van der Waals surface area (Å²) in [7, 11) is 0. The molecule has 0 aliphatic carbocycles. The van der Waals surface area contributed by atoms with Crippen LogP contribution in [0.1, 0.15) is 31.9 Å². The highest BCUT2D eigenvalue weighted by molar-refractivity contribution is 9.10. The third-order valence-electron chi connectivity index (χ3n) is 3.63. The zero-order valence-electron chi connectivity index (χ0n) is 12.5. The fraction of sp³-hybridized carbons (Fsp3) is 0.600. The average molecular weight is 400 g/mol.